The second kappa shape index (κ2) is 6.47. The first kappa shape index (κ1) is 15.1. The largest absolute Gasteiger partial charge is 0.387 e. The van der Waals surface area contributed by atoms with Crippen LogP contribution in [0.2, 0.25) is 5.02 Å². The zero-order chi connectivity index (χ0) is 15.4. The molecule has 2 aromatic rings. The molecule has 1 heterocycles. The summed E-state index contributed by atoms with van der Waals surface area (Å²) in [6, 6.07) is 6.17. The van der Waals surface area contributed by atoms with Crippen molar-refractivity contribution in [2.75, 3.05) is 0 Å². The van der Waals surface area contributed by atoms with Gasteiger partial charge < -0.3 is 5.11 Å². The molecule has 1 unspecified atom stereocenters. The Labute approximate surface area is 125 Å². The van der Waals surface area contributed by atoms with Crippen molar-refractivity contribution < 1.29 is 14.7 Å². The van der Waals surface area contributed by atoms with Crippen LogP contribution in [0.3, 0.4) is 0 Å². The van der Waals surface area contributed by atoms with Gasteiger partial charge in [0.05, 0.1) is 12.3 Å². The van der Waals surface area contributed by atoms with Crippen LogP contribution in [0.4, 0.5) is 0 Å². The molecule has 7 nitrogen and oxygen atoms in total. The van der Waals surface area contributed by atoms with Crippen molar-refractivity contribution in [2.24, 2.45) is 0 Å². The van der Waals surface area contributed by atoms with E-state index < -0.39 is 17.9 Å². The molecule has 2 N–H and O–H groups in total. The van der Waals surface area contributed by atoms with Crippen molar-refractivity contribution in [1.29, 1.82) is 0 Å². The van der Waals surface area contributed by atoms with Crippen LogP contribution in [0.5, 0.6) is 0 Å². The van der Waals surface area contributed by atoms with E-state index in [1.165, 1.54) is 23.0 Å². The van der Waals surface area contributed by atoms with Crippen LogP contribution in [0.15, 0.2) is 30.5 Å². The molecule has 0 radical (unpaired) electrons. The molecule has 2 rings (SSSR count). The molecule has 0 aliphatic heterocycles. The Morgan fingerprint density at radius 1 is 1.38 bits per heavy atom. The highest BCUT2D eigenvalue weighted by atomic mass is 35.5. The Morgan fingerprint density at radius 2 is 2.05 bits per heavy atom. The van der Waals surface area contributed by atoms with Crippen molar-refractivity contribution in [1.82, 2.24) is 20.3 Å². The molecule has 0 saturated carbocycles. The van der Waals surface area contributed by atoms with Gasteiger partial charge in [0.25, 0.3) is 5.91 Å². The van der Waals surface area contributed by atoms with Crippen LogP contribution in [0.1, 0.15) is 29.1 Å². The van der Waals surface area contributed by atoms with Gasteiger partial charge in [0, 0.05) is 10.6 Å². The highest BCUT2D eigenvalue weighted by molar-refractivity contribution is 6.30. The van der Waals surface area contributed by atoms with Crippen LogP contribution in [0, 0.1) is 0 Å². The zero-order valence-corrected chi connectivity index (χ0v) is 11.9. The van der Waals surface area contributed by atoms with E-state index in [-0.39, 0.29) is 6.54 Å². The van der Waals surface area contributed by atoms with Gasteiger partial charge in [-0.15, -0.1) is 5.10 Å². The number of aliphatic hydroxyl groups excluding tert-OH is 1. The van der Waals surface area contributed by atoms with E-state index in [9.17, 15) is 14.7 Å². The third-order valence-corrected chi connectivity index (χ3v) is 2.90. The van der Waals surface area contributed by atoms with Gasteiger partial charge in [-0.2, -0.15) is 0 Å². The smallest absolute Gasteiger partial charge is 0.257 e. The number of carbonyl (C=O) groups excluding carboxylic acids is 2. The van der Waals surface area contributed by atoms with Crippen molar-refractivity contribution in [3.05, 3.63) is 46.7 Å². The maximum absolute atomic E-state index is 11.8. The molecule has 0 saturated heterocycles. The first-order valence-corrected chi connectivity index (χ1v) is 6.51. The fourth-order valence-electron chi connectivity index (χ4n) is 1.57. The number of halogens is 1. The second-order valence-corrected chi connectivity index (χ2v) is 4.84. The van der Waals surface area contributed by atoms with E-state index in [0.29, 0.717) is 16.3 Å². The molecule has 8 heteroatoms. The van der Waals surface area contributed by atoms with Crippen molar-refractivity contribution in [3.63, 3.8) is 0 Å². The van der Waals surface area contributed by atoms with Crippen molar-refractivity contribution in [3.8, 4) is 0 Å². The summed E-state index contributed by atoms with van der Waals surface area (Å²) in [6.45, 7) is 1.37. The third-order valence-electron chi connectivity index (χ3n) is 2.65. The fraction of sp³-hybridized carbons (Fsp3) is 0.231. The van der Waals surface area contributed by atoms with E-state index in [1.807, 2.05) is 0 Å². The molecular formula is C13H13ClN4O3. The normalized spacial score (nSPS) is 12.0. The number of nitrogens with one attached hydrogen (secondary N) is 1. The Morgan fingerprint density at radius 3 is 2.62 bits per heavy atom. The van der Waals surface area contributed by atoms with Crippen LogP contribution >= 0.6 is 11.6 Å². The average Bonchev–Trinajstić information content (AvgIpc) is 2.87. The predicted octanol–water partition coefficient (Wildman–Crippen LogP) is 0.941. The second-order valence-electron chi connectivity index (χ2n) is 4.40. The number of carbonyl (C=O) groups is 2. The topological polar surface area (TPSA) is 97.1 Å². The predicted molar refractivity (Wildman–Crippen MR) is 74.6 cm³/mol. The van der Waals surface area contributed by atoms with Gasteiger partial charge >= 0.3 is 0 Å². The van der Waals surface area contributed by atoms with E-state index >= 15 is 0 Å². The molecule has 2 amide bonds. The summed E-state index contributed by atoms with van der Waals surface area (Å²) in [5, 5.41) is 19.4. The first-order chi connectivity index (χ1) is 9.95. The lowest BCUT2D eigenvalue weighted by Crippen LogP contribution is -2.33. The Bertz CT molecular complexity index is 652. The number of imide groups is 1. The van der Waals surface area contributed by atoms with Crippen LogP contribution in [0.25, 0.3) is 0 Å². The van der Waals surface area contributed by atoms with E-state index in [0.717, 1.165) is 0 Å². The molecule has 0 spiro atoms. The van der Waals surface area contributed by atoms with Crippen LogP contribution in [-0.4, -0.2) is 31.9 Å². The maximum Gasteiger partial charge on any atom is 0.257 e. The number of aliphatic hydroxyl groups is 1. The number of hydrogen-bond donors (Lipinski definition) is 2. The monoisotopic (exact) mass is 308 g/mol. The number of amides is 2. The summed E-state index contributed by atoms with van der Waals surface area (Å²) in [5.74, 6) is -1.05. The summed E-state index contributed by atoms with van der Waals surface area (Å²) >= 11 is 5.72. The van der Waals surface area contributed by atoms with Crippen LogP contribution in [-0.2, 0) is 11.3 Å². The van der Waals surface area contributed by atoms with Crippen molar-refractivity contribution in [2.45, 2.75) is 19.6 Å². The minimum absolute atomic E-state index is 0.168. The average molecular weight is 309 g/mol. The summed E-state index contributed by atoms with van der Waals surface area (Å²) in [4.78, 5) is 23.5. The molecule has 0 aliphatic carbocycles. The standard InChI is InChI=1S/C13H13ClN4O3/c1-8(19)11-6-18(17-16-11)7-12(20)15-13(21)9-2-4-10(14)5-3-9/h2-6,8,19H,7H2,1H3,(H,15,20,21). The summed E-state index contributed by atoms with van der Waals surface area (Å²) in [6.07, 6.45) is 0.675. The number of nitrogens with zero attached hydrogens (tertiary/aromatic N) is 3. The van der Waals surface area contributed by atoms with Gasteiger partial charge in [0.15, 0.2) is 0 Å². The van der Waals surface area contributed by atoms with E-state index in [4.69, 9.17) is 11.6 Å². The molecular weight excluding hydrogens is 296 g/mol. The molecule has 0 bridgehead atoms. The Kier molecular flexibility index (Phi) is 4.66. The number of hydrogen-bond acceptors (Lipinski definition) is 5. The molecule has 0 fully saturated rings. The van der Waals surface area contributed by atoms with Gasteiger partial charge in [0.1, 0.15) is 12.2 Å². The van der Waals surface area contributed by atoms with Crippen LogP contribution < -0.4 is 5.32 Å². The minimum atomic E-state index is -0.766. The van der Waals surface area contributed by atoms with Gasteiger partial charge in [-0.05, 0) is 31.2 Å². The van der Waals surface area contributed by atoms with Gasteiger partial charge in [0.2, 0.25) is 5.91 Å². The lowest BCUT2D eigenvalue weighted by atomic mass is 10.2. The van der Waals surface area contributed by atoms with Gasteiger partial charge in [-0.1, -0.05) is 16.8 Å². The molecule has 1 aromatic heterocycles. The summed E-state index contributed by atoms with van der Waals surface area (Å²) in [7, 11) is 0. The molecule has 110 valence electrons. The van der Waals surface area contributed by atoms with E-state index in [1.54, 1.807) is 19.1 Å². The van der Waals surface area contributed by atoms with Gasteiger partial charge in [-0.25, -0.2) is 4.68 Å². The summed E-state index contributed by atoms with van der Waals surface area (Å²) < 4.78 is 1.24. The molecule has 0 aliphatic rings. The lowest BCUT2D eigenvalue weighted by Gasteiger charge is -2.04. The minimum Gasteiger partial charge on any atom is -0.387 e. The summed E-state index contributed by atoms with van der Waals surface area (Å²) in [5.41, 5.74) is 0.683. The van der Waals surface area contributed by atoms with Gasteiger partial charge in [-0.3, -0.25) is 14.9 Å². The van der Waals surface area contributed by atoms with Crippen molar-refractivity contribution >= 4 is 23.4 Å². The zero-order valence-electron chi connectivity index (χ0n) is 11.2. The molecule has 1 atom stereocenters. The highest BCUT2D eigenvalue weighted by Crippen LogP contribution is 2.09. The fourth-order valence-corrected chi connectivity index (χ4v) is 1.69. The SMILES string of the molecule is CC(O)c1cn(CC(=O)NC(=O)c2ccc(Cl)cc2)nn1. The molecule has 1 aromatic carbocycles. The molecule has 21 heavy (non-hydrogen) atoms. The first-order valence-electron chi connectivity index (χ1n) is 6.13. The number of benzene rings is 1. The Hall–Kier alpha value is -2.25. The maximum atomic E-state index is 11.8. The quantitative estimate of drug-likeness (QED) is 0.876. The van der Waals surface area contributed by atoms with E-state index in [2.05, 4.69) is 15.6 Å². The Balaban J connectivity index is 1.94. The third kappa shape index (κ3) is 4.11. The number of aromatic nitrogens is 3. The highest BCUT2D eigenvalue weighted by Gasteiger charge is 2.13. The number of rotatable bonds is 4. The lowest BCUT2D eigenvalue weighted by molar-refractivity contribution is -0.120.